The number of ether oxygens (including phenoxy) is 2. The molecule has 3 fully saturated rings. The lowest BCUT2D eigenvalue weighted by Gasteiger charge is -2.43. The third-order valence-electron chi connectivity index (χ3n) is 4.18. The summed E-state index contributed by atoms with van der Waals surface area (Å²) in [6.45, 7) is 3.20. The molecule has 0 aromatic heterocycles. The first-order valence-corrected chi connectivity index (χ1v) is 6.83. The molecule has 1 aromatic rings. The molecule has 19 heavy (non-hydrogen) atoms. The van der Waals surface area contributed by atoms with E-state index in [1.165, 1.54) is 0 Å². The minimum absolute atomic E-state index is 0.0668. The quantitative estimate of drug-likeness (QED) is 0.780. The molecule has 4 heteroatoms. The molecule has 2 bridgehead atoms. The van der Waals surface area contributed by atoms with Crippen molar-refractivity contribution in [3.8, 4) is 5.75 Å². The van der Waals surface area contributed by atoms with E-state index in [1.54, 1.807) is 31.4 Å². The van der Waals surface area contributed by atoms with E-state index in [9.17, 15) is 4.79 Å². The van der Waals surface area contributed by atoms with E-state index in [1.807, 2.05) is 0 Å². The normalized spacial score (nSPS) is 29.0. The van der Waals surface area contributed by atoms with Crippen molar-refractivity contribution in [2.75, 3.05) is 26.7 Å². The van der Waals surface area contributed by atoms with Crippen LogP contribution in [0.15, 0.2) is 24.3 Å². The summed E-state index contributed by atoms with van der Waals surface area (Å²) >= 11 is 0. The van der Waals surface area contributed by atoms with Crippen LogP contribution >= 0.6 is 0 Å². The van der Waals surface area contributed by atoms with Crippen molar-refractivity contribution in [3.63, 3.8) is 0 Å². The monoisotopic (exact) mass is 261 g/mol. The minimum Gasteiger partial charge on any atom is -0.497 e. The number of hydrogen-bond acceptors (Lipinski definition) is 4. The highest BCUT2D eigenvalue weighted by Crippen LogP contribution is 2.30. The molecule has 0 radical (unpaired) electrons. The molecule has 0 spiro atoms. The van der Waals surface area contributed by atoms with E-state index in [0.717, 1.165) is 38.2 Å². The Morgan fingerprint density at radius 2 is 1.89 bits per heavy atom. The van der Waals surface area contributed by atoms with Crippen molar-refractivity contribution in [1.82, 2.24) is 4.90 Å². The van der Waals surface area contributed by atoms with Crippen molar-refractivity contribution in [2.24, 2.45) is 5.92 Å². The van der Waals surface area contributed by atoms with E-state index >= 15 is 0 Å². The average Bonchev–Trinajstić information content (AvgIpc) is 2.48. The van der Waals surface area contributed by atoms with Gasteiger partial charge in [-0.1, -0.05) is 0 Å². The second-order valence-electron chi connectivity index (χ2n) is 5.31. The lowest BCUT2D eigenvalue weighted by Crippen LogP contribution is -2.51. The fraction of sp³-hybridized carbons (Fsp3) is 0.533. The van der Waals surface area contributed by atoms with Crippen LogP contribution in [-0.2, 0) is 4.74 Å². The third kappa shape index (κ3) is 2.59. The molecule has 0 saturated carbocycles. The number of hydrogen-bond donors (Lipinski definition) is 0. The van der Waals surface area contributed by atoms with Gasteiger partial charge in [0, 0.05) is 6.54 Å². The van der Waals surface area contributed by atoms with Gasteiger partial charge in [0.05, 0.1) is 12.7 Å². The maximum atomic E-state index is 12.1. The molecular weight excluding hydrogens is 242 g/mol. The highest BCUT2D eigenvalue weighted by atomic mass is 16.5. The van der Waals surface area contributed by atoms with Gasteiger partial charge in [-0.05, 0) is 56.1 Å². The molecule has 4 nitrogen and oxygen atoms in total. The molecule has 102 valence electrons. The molecule has 3 saturated heterocycles. The number of esters is 1. The second kappa shape index (κ2) is 5.21. The summed E-state index contributed by atoms with van der Waals surface area (Å²) in [5.74, 6) is 1.08. The van der Waals surface area contributed by atoms with Crippen LogP contribution in [0.4, 0.5) is 0 Å². The zero-order valence-corrected chi connectivity index (χ0v) is 11.2. The topological polar surface area (TPSA) is 38.8 Å². The Bertz CT molecular complexity index is 449. The molecule has 4 rings (SSSR count). The van der Waals surface area contributed by atoms with Crippen molar-refractivity contribution in [3.05, 3.63) is 29.8 Å². The summed E-state index contributed by atoms with van der Waals surface area (Å²) in [6, 6.07) is 7.07. The van der Waals surface area contributed by atoms with Crippen LogP contribution in [0.2, 0.25) is 0 Å². The molecule has 3 heterocycles. The molecule has 3 aliphatic heterocycles. The van der Waals surface area contributed by atoms with Gasteiger partial charge in [-0.25, -0.2) is 4.79 Å². The third-order valence-corrected chi connectivity index (χ3v) is 4.18. The largest absolute Gasteiger partial charge is 0.497 e. The number of benzene rings is 1. The molecule has 1 atom stereocenters. The van der Waals surface area contributed by atoms with Crippen molar-refractivity contribution >= 4 is 5.97 Å². The molecule has 0 amide bonds. The zero-order chi connectivity index (χ0) is 13.2. The van der Waals surface area contributed by atoms with Crippen LogP contribution in [0, 0.1) is 5.92 Å². The van der Waals surface area contributed by atoms with Crippen LogP contribution in [0.3, 0.4) is 0 Å². The molecule has 0 aliphatic carbocycles. The Morgan fingerprint density at radius 1 is 1.21 bits per heavy atom. The zero-order valence-electron chi connectivity index (χ0n) is 11.2. The predicted octanol–water partition coefficient (Wildman–Crippen LogP) is 1.95. The van der Waals surface area contributed by atoms with Crippen LogP contribution < -0.4 is 4.74 Å². The standard InChI is InChI=1S/C15H19NO3/c1-18-13-4-2-12(3-5-13)15(17)19-14-10-16-8-6-11(14)7-9-16/h2-5,11,14H,6-10H2,1H3/t14-/m0/s1. The summed E-state index contributed by atoms with van der Waals surface area (Å²) in [6.07, 6.45) is 2.37. The van der Waals surface area contributed by atoms with Crippen molar-refractivity contribution in [1.29, 1.82) is 0 Å². The van der Waals surface area contributed by atoms with Gasteiger partial charge in [-0.3, -0.25) is 4.90 Å². The number of fused-ring (bicyclic) bond motifs is 3. The SMILES string of the molecule is COc1ccc(C(=O)O[C@H]2CN3CCC2CC3)cc1. The van der Waals surface area contributed by atoms with Gasteiger partial charge in [0.2, 0.25) is 0 Å². The number of carbonyl (C=O) groups is 1. The summed E-state index contributed by atoms with van der Waals surface area (Å²) in [7, 11) is 1.61. The molecule has 0 N–H and O–H groups in total. The Balaban J connectivity index is 1.64. The highest BCUT2D eigenvalue weighted by molar-refractivity contribution is 5.89. The van der Waals surface area contributed by atoms with Crippen LogP contribution in [0.5, 0.6) is 5.75 Å². The lowest BCUT2D eigenvalue weighted by atomic mass is 9.86. The van der Waals surface area contributed by atoms with Crippen molar-refractivity contribution < 1.29 is 14.3 Å². The number of carbonyl (C=O) groups excluding carboxylic acids is 1. The Labute approximate surface area is 113 Å². The minimum atomic E-state index is -0.221. The summed E-state index contributed by atoms with van der Waals surface area (Å²) in [4.78, 5) is 14.5. The Hall–Kier alpha value is -1.55. The maximum Gasteiger partial charge on any atom is 0.338 e. The maximum absolute atomic E-state index is 12.1. The first-order chi connectivity index (χ1) is 9.26. The number of methoxy groups -OCH3 is 1. The van der Waals surface area contributed by atoms with E-state index in [4.69, 9.17) is 9.47 Å². The Kier molecular flexibility index (Phi) is 3.42. The average molecular weight is 261 g/mol. The van der Waals surface area contributed by atoms with Crippen LogP contribution in [-0.4, -0.2) is 43.7 Å². The molecular formula is C15H19NO3. The van der Waals surface area contributed by atoms with Crippen LogP contribution in [0.25, 0.3) is 0 Å². The summed E-state index contributed by atoms with van der Waals surface area (Å²) < 4.78 is 10.7. The number of piperidine rings is 3. The van der Waals surface area contributed by atoms with E-state index in [0.29, 0.717) is 11.5 Å². The summed E-state index contributed by atoms with van der Waals surface area (Å²) in [5.41, 5.74) is 0.595. The van der Waals surface area contributed by atoms with E-state index in [-0.39, 0.29) is 12.1 Å². The molecule has 3 aliphatic rings. The first-order valence-electron chi connectivity index (χ1n) is 6.83. The van der Waals surface area contributed by atoms with Gasteiger partial charge in [0.15, 0.2) is 0 Å². The van der Waals surface area contributed by atoms with Gasteiger partial charge in [-0.2, -0.15) is 0 Å². The fourth-order valence-corrected chi connectivity index (χ4v) is 2.98. The second-order valence-corrected chi connectivity index (χ2v) is 5.31. The first kappa shape index (κ1) is 12.5. The number of rotatable bonds is 3. The molecule has 0 unspecified atom stereocenters. The van der Waals surface area contributed by atoms with Crippen molar-refractivity contribution in [2.45, 2.75) is 18.9 Å². The predicted molar refractivity (Wildman–Crippen MR) is 71.4 cm³/mol. The smallest absolute Gasteiger partial charge is 0.338 e. The van der Waals surface area contributed by atoms with Gasteiger partial charge in [0.1, 0.15) is 11.9 Å². The lowest BCUT2D eigenvalue weighted by molar-refractivity contribution is -0.0455. The molecule has 1 aromatic carbocycles. The van der Waals surface area contributed by atoms with Gasteiger partial charge < -0.3 is 9.47 Å². The Morgan fingerprint density at radius 3 is 2.42 bits per heavy atom. The van der Waals surface area contributed by atoms with E-state index < -0.39 is 0 Å². The van der Waals surface area contributed by atoms with Crippen LogP contribution in [0.1, 0.15) is 23.2 Å². The van der Waals surface area contributed by atoms with Gasteiger partial charge in [0.25, 0.3) is 0 Å². The summed E-state index contributed by atoms with van der Waals surface area (Å²) in [5, 5.41) is 0. The van der Waals surface area contributed by atoms with E-state index in [2.05, 4.69) is 4.90 Å². The van der Waals surface area contributed by atoms with Gasteiger partial charge >= 0.3 is 5.97 Å². The van der Waals surface area contributed by atoms with Gasteiger partial charge in [-0.15, -0.1) is 0 Å². The number of nitrogens with zero attached hydrogens (tertiary/aromatic N) is 1. The fourth-order valence-electron chi connectivity index (χ4n) is 2.98. The highest BCUT2D eigenvalue weighted by Gasteiger charge is 2.36.